The minimum atomic E-state index is -1.06. The lowest BCUT2D eigenvalue weighted by molar-refractivity contribution is 0.143. The Hall–Kier alpha value is -1.70. The van der Waals surface area contributed by atoms with Crippen LogP contribution in [-0.2, 0) is 17.2 Å². The van der Waals surface area contributed by atoms with E-state index in [9.17, 15) is 9.32 Å². The van der Waals surface area contributed by atoms with Crippen LogP contribution in [0.1, 0.15) is 49.3 Å². The fraction of sp³-hybridized carbons (Fsp3) is 0.583. The molecule has 3 heterocycles. The molecule has 8 heteroatoms. The molecule has 1 spiro atoms. The summed E-state index contributed by atoms with van der Waals surface area (Å²) in [5.74, 6) is 3.32. The number of anilines is 2. The van der Waals surface area contributed by atoms with E-state index in [0.29, 0.717) is 23.6 Å². The van der Waals surface area contributed by atoms with Gasteiger partial charge in [0.1, 0.15) is 10.7 Å². The van der Waals surface area contributed by atoms with E-state index >= 15 is 0 Å². The van der Waals surface area contributed by atoms with E-state index in [-0.39, 0.29) is 16.9 Å². The molecule has 5 aliphatic rings. The molecule has 0 amide bonds. The van der Waals surface area contributed by atoms with Crippen LogP contribution >= 0.6 is 11.6 Å². The van der Waals surface area contributed by atoms with Gasteiger partial charge in [0.15, 0.2) is 0 Å². The number of rotatable bonds is 5. The number of piperidine rings is 1. The zero-order chi connectivity index (χ0) is 21.7. The van der Waals surface area contributed by atoms with Crippen LogP contribution in [0.2, 0.25) is 5.02 Å². The van der Waals surface area contributed by atoms with Crippen LogP contribution in [0.15, 0.2) is 29.2 Å². The van der Waals surface area contributed by atoms with Crippen molar-refractivity contribution >= 4 is 34.2 Å². The van der Waals surface area contributed by atoms with E-state index in [0.717, 1.165) is 73.2 Å². The fourth-order valence-corrected chi connectivity index (χ4v) is 8.06. The molecule has 6 nitrogen and oxygen atoms in total. The average molecular weight is 471 g/mol. The Balaban J connectivity index is 1.17. The van der Waals surface area contributed by atoms with Crippen LogP contribution in [0, 0.1) is 11.8 Å². The van der Waals surface area contributed by atoms with Gasteiger partial charge < -0.3 is 15.3 Å². The number of nitrogens with one attached hydrogen (secondary N) is 1. The summed E-state index contributed by atoms with van der Waals surface area (Å²) in [7, 11) is -1.06. The standard InChI is InChI=1S/C24H27ClN4O2S/c25-15-4-2-14(3-5-15)19-16-11-29(12-17(16)19)22-26-18-10-24(8-9-24)32(31)20(18)21(27-22)28-23(13-30)6-1-7-23/h2-5,16-17,19,30H,1,6-13H2,(H,26,27,28)/t16?,17?,19?,32-/m0/s1. The summed E-state index contributed by atoms with van der Waals surface area (Å²) in [6, 6.07) is 8.27. The van der Waals surface area contributed by atoms with Gasteiger partial charge in [0.05, 0.1) is 33.4 Å². The van der Waals surface area contributed by atoms with E-state index in [2.05, 4.69) is 22.3 Å². The molecule has 168 valence electrons. The summed E-state index contributed by atoms with van der Waals surface area (Å²) in [6.07, 6.45) is 5.75. The van der Waals surface area contributed by atoms with Crippen molar-refractivity contribution in [3.8, 4) is 0 Å². The van der Waals surface area contributed by atoms with Crippen LogP contribution in [0.4, 0.5) is 11.8 Å². The van der Waals surface area contributed by atoms with E-state index in [1.807, 2.05) is 12.1 Å². The second-order valence-corrected chi connectivity index (χ2v) is 12.8. The third-order valence-electron chi connectivity index (χ3n) is 8.53. The first-order valence-corrected chi connectivity index (χ1v) is 13.3. The van der Waals surface area contributed by atoms with E-state index in [1.54, 1.807) is 0 Å². The Labute approximate surface area is 195 Å². The molecule has 3 atom stereocenters. The maximum atomic E-state index is 13.3. The Morgan fingerprint density at radius 1 is 1.12 bits per heavy atom. The monoisotopic (exact) mass is 470 g/mol. The highest BCUT2D eigenvalue weighted by atomic mass is 35.5. The normalized spacial score (nSPS) is 32.4. The van der Waals surface area contributed by atoms with Crippen LogP contribution < -0.4 is 10.2 Å². The summed E-state index contributed by atoms with van der Waals surface area (Å²) < 4.78 is 13.2. The van der Waals surface area contributed by atoms with Crippen molar-refractivity contribution in [2.24, 2.45) is 11.8 Å². The first-order valence-electron chi connectivity index (χ1n) is 11.7. The van der Waals surface area contributed by atoms with Gasteiger partial charge in [0.2, 0.25) is 5.95 Å². The van der Waals surface area contributed by atoms with Crippen molar-refractivity contribution in [3.05, 3.63) is 40.5 Å². The number of aliphatic hydroxyl groups is 1. The van der Waals surface area contributed by atoms with Gasteiger partial charge in [-0.2, -0.15) is 4.98 Å². The Bertz CT molecular complexity index is 1110. The van der Waals surface area contributed by atoms with Crippen molar-refractivity contribution in [1.82, 2.24) is 9.97 Å². The number of nitrogens with zero attached hydrogens (tertiary/aromatic N) is 3. The third kappa shape index (κ3) is 2.83. The smallest absolute Gasteiger partial charge is 0.227 e. The number of aromatic nitrogens is 2. The quantitative estimate of drug-likeness (QED) is 0.696. The largest absolute Gasteiger partial charge is 0.394 e. The van der Waals surface area contributed by atoms with Gasteiger partial charge in [-0.3, -0.25) is 4.21 Å². The summed E-state index contributed by atoms with van der Waals surface area (Å²) in [5.41, 5.74) is 2.01. The van der Waals surface area contributed by atoms with Crippen molar-refractivity contribution in [3.63, 3.8) is 0 Å². The van der Waals surface area contributed by atoms with Gasteiger partial charge >= 0.3 is 0 Å². The Morgan fingerprint density at radius 2 is 1.84 bits per heavy atom. The predicted octanol–water partition coefficient (Wildman–Crippen LogP) is 3.50. The number of benzene rings is 1. The second-order valence-electron chi connectivity index (χ2n) is 10.5. The number of aliphatic hydroxyl groups excluding tert-OH is 1. The molecule has 2 aliphatic heterocycles. The highest BCUT2D eigenvalue weighted by Crippen LogP contribution is 2.59. The van der Waals surface area contributed by atoms with Crippen molar-refractivity contribution in [1.29, 1.82) is 0 Å². The summed E-state index contributed by atoms with van der Waals surface area (Å²) >= 11 is 6.06. The van der Waals surface area contributed by atoms with Gasteiger partial charge in [0.25, 0.3) is 0 Å². The maximum Gasteiger partial charge on any atom is 0.227 e. The molecule has 2 N–H and O–H groups in total. The molecule has 0 radical (unpaired) electrons. The van der Waals surface area contributed by atoms with Gasteiger partial charge in [-0.25, -0.2) is 4.98 Å². The zero-order valence-electron chi connectivity index (χ0n) is 17.9. The molecule has 1 aromatic heterocycles. The topological polar surface area (TPSA) is 78.4 Å². The molecule has 3 saturated carbocycles. The molecule has 1 saturated heterocycles. The molecule has 7 rings (SSSR count). The fourth-order valence-electron chi connectivity index (χ4n) is 6.16. The lowest BCUT2D eigenvalue weighted by Crippen LogP contribution is -2.48. The van der Waals surface area contributed by atoms with Crippen LogP contribution in [0.3, 0.4) is 0 Å². The molecule has 4 fully saturated rings. The number of fused-ring (bicyclic) bond motifs is 2. The molecular weight excluding hydrogens is 444 g/mol. The lowest BCUT2D eigenvalue weighted by Gasteiger charge is -2.41. The van der Waals surface area contributed by atoms with Crippen LogP contribution in [0.5, 0.6) is 0 Å². The van der Waals surface area contributed by atoms with E-state index < -0.39 is 10.8 Å². The van der Waals surface area contributed by atoms with Gasteiger partial charge in [-0.1, -0.05) is 23.7 Å². The maximum absolute atomic E-state index is 13.3. The van der Waals surface area contributed by atoms with E-state index in [4.69, 9.17) is 21.6 Å². The molecule has 3 aliphatic carbocycles. The molecule has 2 unspecified atom stereocenters. The first kappa shape index (κ1) is 19.7. The first-order chi connectivity index (χ1) is 15.5. The SMILES string of the molecule is O=[S@]1c2c(nc(N3CC4C(C3)C4c3ccc(Cl)cc3)nc2NC2(CO)CCC2)CC12CC2. The minimum Gasteiger partial charge on any atom is -0.394 e. The summed E-state index contributed by atoms with van der Waals surface area (Å²) in [6.45, 7) is 1.99. The van der Waals surface area contributed by atoms with Crippen LogP contribution in [-0.4, -0.2) is 49.3 Å². The van der Waals surface area contributed by atoms with Gasteiger partial charge in [0, 0.05) is 24.5 Å². The highest BCUT2D eigenvalue weighted by Gasteiger charge is 2.58. The molecule has 2 aromatic rings. The summed E-state index contributed by atoms with van der Waals surface area (Å²) in [4.78, 5) is 13.0. The third-order valence-corrected chi connectivity index (χ3v) is 10.9. The highest BCUT2D eigenvalue weighted by molar-refractivity contribution is 7.87. The number of halogens is 1. The molecule has 32 heavy (non-hydrogen) atoms. The number of hydrogen-bond acceptors (Lipinski definition) is 6. The second kappa shape index (κ2) is 6.67. The molecular formula is C24H27ClN4O2S. The van der Waals surface area contributed by atoms with Gasteiger partial charge in [-0.15, -0.1) is 0 Å². The lowest BCUT2D eigenvalue weighted by atomic mass is 9.77. The Kier molecular flexibility index (Phi) is 4.12. The van der Waals surface area contributed by atoms with Crippen LogP contribution in [0.25, 0.3) is 0 Å². The molecule has 1 aromatic carbocycles. The average Bonchev–Trinajstić information content (AvgIpc) is 3.61. The van der Waals surface area contributed by atoms with Gasteiger partial charge in [-0.05, 0) is 67.6 Å². The zero-order valence-corrected chi connectivity index (χ0v) is 19.5. The number of hydrogen-bond donors (Lipinski definition) is 2. The van der Waals surface area contributed by atoms with E-state index in [1.165, 1.54) is 5.56 Å². The Morgan fingerprint density at radius 3 is 2.44 bits per heavy atom. The predicted molar refractivity (Wildman–Crippen MR) is 125 cm³/mol. The van der Waals surface area contributed by atoms with Crippen molar-refractivity contribution in [2.45, 2.75) is 59.6 Å². The van der Waals surface area contributed by atoms with Crippen molar-refractivity contribution < 1.29 is 9.32 Å². The minimum absolute atomic E-state index is 0.0789. The van der Waals surface area contributed by atoms with Crippen molar-refractivity contribution in [2.75, 3.05) is 29.9 Å². The molecule has 0 bridgehead atoms. The summed E-state index contributed by atoms with van der Waals surface area (Å²) in [5, 5.41) is 14.3.